The van der Waals surface area contributed by atoms with E-state index in [1.54, 1.807) is 0 Å². The fourth-order valence-corrected chi connectivity index (χ4v) is 1.24. The number of carbonyl (C=O) groups is 1. The number of amides is 1. The van der Waals surface area contributed by atoms with Gasteiger partial charge in [0.05, 0.1) is 0 Å². The number of nitrogens with two attached hydrogens (primary N) is 1. The van der Waals surface area contributed by atoms with Gasteiger partial charge in [-0.2, -0.15) is 0 Å². The Morgan fingerprint density at radius 1 is 1.64 bits per heavy atom. The first-order valence-corrected chi connectivity index (χ1v) is 3.88. The molecule has 4 nitrogen and oxygen atoms in total. The summed E-state index contributed by atoms with van der Waals surface area (Å²) >= 11 is 0. The predicted molar refractivity (Wildman–Crippen MR) is 41.2 cm³/mol. The van der Waals surface area contributed by atoms with Crippen LogP contribution in [0.4, 0.5) is 4.79 Å². The van der Waals surface area contributed by atoms with Gasteiger partial charge in [-0.25, -0.2) is 4.79 Å². The molecule has 0 aromatic heterocycles. The van der Waals surface area contributed by atoms with E-state index in [2.05, 4.69) is 12.2 Å². The summed E-state index contributed by atoms with van der Waals surface area (Å²) in [5.74, 6) is 0. The summed E-state index contributed by atoms with van der Waals surface area (Å²) in [4.78, 5) is 10.3. The number of nitrogens with one attached hydrogen (secondary N) is 1. The van der Waals surface area contributed by atoms with Crippen LogP contribution in [0.15, 0.2) is 0 Å². The lowest BCUT2D eigenvalue weighted by molar-refractivity contribution is 0.0836. The largest absolute Gasteiger partial charge is 0.445 e. The van der Waals surface area contributed by atoms with Crippen LogP contribution in [0, 0.1) is 0 Å². The molecule has 1 aliphatic rings. The van der Waals surface area contributed by atoms with Crippen LogP contribution in [0.2, 0.25) is 0 Å². The summed E-state index contributed by atoms with van der Waals surface area (Å²) in [6.45, 7) is 2.84. The topological polar surface area (TPSA) is 64.3 Å². The van der Waals surface area contributed by atoms with Crippen molar-refractivity contribution in [2.24, 2.45) is 5.73 Å². The van der Waals surface area contributed by atoms with Gasteiger partial charge in [-0.3, -0.25) is 0 Å². The van der Waals surface area contributed by atoms with Crippen LogP contribution in [0.3, 0.4) is 0 Å². The van der Waals surface area contributed by atoms with Gasteiger partial charge in [-0.15, -0.1) is 0 Å². The second kappa shape index (κ2) is 3.57. The molecule has 2 atom stereocenters. The van der Waals surface area contributed by atoms with E-state index in [1.807, 2.05) is 0 Å². The molecule has 4 heteroatoms. The molecule has 0 bridgehead atoms. The van der Waals surface area contributed by atoms with Gasteiger partial charge < -0.3 is 15.8 Å². The number of carbonyl (C=O) groups excluding carboxylic acids is 1. The molecular weight excluding hydrogens is 144 g/mol. The minimum Gasteiger partial charge on any atom is -0.445 e. The van der Waals surface area contributed by atoms with Crippen LogP contribution in [0.5, 0.6) is 0 Å². The standard InChI is InChI=1S/C7H14N2O2/c1-5-2-3-6(4-9-5)11-7(8)10/h5-6,9H,2-4H2,1H3,(H2,8,10)/t5-,6-/m0/s1. The fraction of sp³-hybridized carbons (Fsp3) is 0.857. The van der Waals surface area contributed by atoms with Crippen molar-refractivity contribution in [3.63, 3.8) is 0 Å². The Morgan fingerprint density at radius 3 is 2.82 bits per heavy atom. The van der Waals surface area contributed by atoms with E-state index in [1.165, 1.54) is 0 Å². The number of hydrogen-bond donors (Lipinski definition) is 2. The van der Waals surface area contributed by atoms with Crippen molar-refractivity contribution >= 4 is 6.09 Å². The fourth-order valence-electron chi connectivity index (χ4n) is 1.24. The summed E-state index contributed by atoms with van der Waals surface area (Å²) < 4.78 is 4.82. The lowest BCUT2D eigenvalue weighted by Crippen LogP contribution is -2.42. The predicted octanol–water partition coefficient (Wildman–Crippen LogP) is 0.222. The van der Waals surface area contributed by atoms with E-state index < -0.39 is 6.09 Å². The Kier molecular flexibility index (Phi) is 2.70. The van der Waals surface area contributed by atoms with Gasteiger partial charge in [0.2, 0.25) is 0 Å². The lowest BCUT2D eigenvalue weighted by atomic mass is 10.0. The summed E-state index contributed by atoms with van der Waals surface area (Å²) in [6.07, 6.45) is 1.25. The molecule has 1 heterocycles. The molecular formula is C7H14N2O2. The number of hydrogen-bond acceptors (Lipinski definition) is 3. The quantitative estimate of drug-likeness (QED) is 0.574. The third kappa shape index (κ3) is 2.76. The smallest absolute Gasteiger partial charge is 0.404 e. The molecule has 0 saturated carbocycles. The molecule has 11 heavy (non-hydrogen) atoms. The summed E-state index contributed by atoms with van der Waals surface area (Å²) in [7, 11) is 0. The van der Waals surface area contributed by atoms with E-state index in [-0.39, 0.29) is 6.10 Å². The second-order valence-corrected chi connectivity index (χ2v) is 2.95. The molecule has 64 valence electrons. The first-order valence-electron chi connectivity index (χ1n) is 3.88. The van der Waals surface area contributed by atoms with Gasteiger partial charge in [0.15, 0.2) is 0 Å². The molecule has 0 spiro atoms. The van der Waals surface area contributed by atoms with Gasteiger partial charge in [-0.05, 0) is 19.8 Å². The van der Waals surface area contributed by atoms with E-state index >= 15 is 0 Å². The van der Waals surface area contributed by atoms with Crippen LogP contribution in [-0.2, 0) is 4.74 Å². The molecule has 0 aromatic carbocycles. The monoisotopic (exact) mass is 158 g/mol. The molecule has 1 amide bonds. The second-order valence-electron chi connectivity index (χ2n) is 2.95. The van der Waals surface area contributed by atoms with Crippen molar-refractivity contribution in [2.75, 3.05) is 6.54 Å². The van der Waals surface area contributed by atoms with E-state index in [0.29, 0.717) is 6.04 Å². The highest BCUT2D eigenvalue weighted by atomic mass is 16.6. The lowest BCUT2D eigenvalue weighted by Gasteiger charge is -2.26. The first-order chi connectivity index (χ1) is 5.18. The highest BCUT2D eigenvalue weighted by Gasteiger charge is 2.19. The van der Waals surface area contributed by atoms with Crippen molar-refractivity contribution in [3.8, 4) is 0 Å². The van der Waals surface area contributed by atoms with Crippen molar-refractivity contribution in [1.82, 2.24) is 5.32 Å². The van der Waals surface area contributed by atoms with Crippen molar-refractivity contribution in [1.29, 1.82) is 0 Å². The summed E-state index contributed by atoms with van der Waals surface area (Å²) in [5, 5.41) is 3.20. The number of primary amides is 1. The zero-order valence-corrected chi connectivity index (χ0v) is 6.67. The van der Waals surface area contributed by atoms with E-state index in [4.69, 9.17) is 10.5 Å². The van der Waals surface area contributed by atoms with Crippen LogP contribution >= 0.6 is 0 Å². The van der Waals surface area contributed by atoms with Crippen molar-refractivity contribution in [2.45, 2.75) is 31.9 Å². The number of piperidine rings is 1. The minimum absolute atomic E-state index is 0.0244. The average Bonchev–Trinajstić information content (AvgIpc) is 1.93. The first kappa shape index (κ1) is 8.33. The molecule has 0 unspecified atom stereocenters. The molecule has 1 fully saturated rings. The van der Waals surface area contributed by atoms with Crippen molar-refractivity contribution < 1.29 is 9.53 Å². The molecule has 1 aliphatic heterocycles. The molecule has 0 aromatic rings. The minimum atomic E-state index is -0.675. The van der Waals surface area contributed by atoms with Crippen LogP contribution in [0.25, 0.3) is 0 Å². The van der Waals surface area contributed by atoms with Crippen LogP contribution in [0.1, 0.15) is 19.8 Å². The Hall–Kier alpha value is -0.770. The normalized spacial score (nSPS) is 31.4. The maximum absolute atomic E-state index is 10.3. The van der Waals surface area contributed by atoms with Crippen LogP contribution in [-0.4, -0.2) is 24.8 Å². The summed E-state index contributed by atoms with van der Waals surface area (Å²) in [5.41, 5.74) is 4.87. The molecule has 3 N–H and O–H groups in total. The number of ether oxygens (including phenoxy) is 1. The molecule has 1 rings (SSSR count). The van der Waals surface area contributed by atoms with Crippen LogP contribution < -0.4 is 11.1 Å². The van der Waals surface area contributed by atoms with Gasteiger partial charge in [0.25, 0.3) is 0 Å². The molecule has 0 aliphatic carbocycles. The van der Waals surface area contributed by atoms with Gasteiger partial charge in [0.1, 0.15) is 6.10 Å². The Balaban J connectivity index is 2.22. The van der Waals surface area contributed by atoms with Gasteiger partial charge in [0, 0.05) is 12.6 Å². The van der Waals surface area contributed by atoms with Crippen molar-refractivity contribution in [3.05, 3.63) is 0 Å². The summed E-state index contributed by atoms with van der Waals surface area (Å²) in [6, 6.07) is 0.530. The SMILES string of the molecule is C[C@H]1CC[C@H](OC(N)=O)CN1. The zero-order valence-electron chi connectivity index (χ0n) is 6.67. The maximum atomic E-state index is 10.3. The third-order valence-electron chi connectivity index (χ3n) is 1.90. The van der Waals surface area contributed by atoms with Gasteiger partial charge >= 0.3 is 6.09 Å². The Morgan fingerprint density at radius 2 is 2.36 bits per heavy atom. The highest BCUT2D eigenvalue weighted by molar-refractivity contribution is 5.64. The van der Waals surface area contributed by atoms with E-state index in [9.17, 15) is 4.79 Å². The zero-order chi connectivity index (χ0) is 8.27. The highest BCUT2D eigenvalue weighted by Crippen LogP contribution is 2.10. The maximum Gasteiger partial charge on any atom is 0.404 e. The Labute approximate surface area is 66.1 Å². The molecule has 0 radical (unpaired) electrons. The third-order valence-corrected chi connectivity index (χ3v) is 1.90. The average molecular weight is 158 g/mol. The Bertz CT molecular complexity index is 141. The number of rotatable bonds is 1. The van der Waals surface area contributed by atoms with Gasteiger partial charge in [-0.1, -0.05) is 0 Å². The molecule has 1 saturated heterocycles. The van der Waals surface area contributed by atoms with E-state index in [0.717, 1.165) is 19.4 Å².